The zero-order chi connectivity index (χ0) is 25.9. The van der Waals surface area contributed by atoms with Crippen LogP contribution in [0.15, 0.2) is 39.7 Å². The first kappa shape index (κ1) is 25.5. The molecule has 2 aromatic carbocycles. The number of hydrogen-bond donors (Lipinski definition) is 0. The fourth-order valence-corrected chi connectivity index (χ4v) is 5.89. The van der Waals surface area contributed by atoms with Crippen molar-refractivity contribution in [3.63, 3.8) is 0 Å². The number of halogens is 4. The van der Waals surface area contributed by atoms with E-state index in [2.05, 4.69) is 15.9 Å². The van der Waals surface area contributed by atoms with Gasteiger partial charge in [-0.2, -0.15) is 13.2 Å². The van der Waals surface area contributed by atoms with E-state index in [1.165, 1.54) is 18.2 Å². The number of carbonyl (C=O) groups is 1. The van der Waals surface area contributed by atoms with Gasteiger partial charge >= 0.3 is 12.1 Å². The van der Waals surface area contributed by atoms with Gasteiger partial charge in [-0.1, -0.05) is 29.8 Å². The highest BCUT2D eigenvalue weighted by Crippen LogP contribution is 2.42. The minimum absolute atomic E-state index is 0.0391. The lowest BCUT2D eigenvalue weighted by Gasteiger charge is -2.40. The van der Waals surface area contributed by atoms with Crippen LogP contribution in [-0.4, -0.2) is 43.8 Å². The molecule has 1 atom stereocenters. The topological polar surface area (TPSA) is 81.5 Å². The van der Waals surface area contributed by atoms with E-state index >= 15 is 0 Å². The number of rotatable bonds is 4. The van der Waals surface area contributed by atoms with Crippen LogP contribution in [0.2, 0.25) is 0 Å². The maximum Gasteiger partial charge on any atom is 0.417 e. The highest BCUT2D eigenvalue weighted by Gasteiger charge is 2.37. The van der Waals surface area contributed by atoms with Gasteiger partial charge in [0.2, 0.25) is 0 Å². The molecular weight excluding hydrogens is 551 g/mol. The zero-order valence-corrected chi connectivity index (χ0v) is 21.8. The standard InChI is InChI=1S/C23H23BrF3N3O4S/c1-12(2)20-21-28-17-10-14(22(31)34-3)19(35(4,32)33)11-18(17)30(21)8-7-29(20)13-5-6-16(24)15(9-13)23(25,26)27/h5-6,9-12,20H,7-8H2,1-4H3. The van der Waals surface area contributed by atoms with Crippen molar-refractivity contribution >= 4 is 48.5 Å². The number of sulfone groups is 1. The first-order chi connectivity index (χ1) is 16.2. The lowest BCUT2D eigenvalue weighted by atomic mass is 9.98. The van der Waals surface area contributed by atoms with Gasteiger partial charge in [-0.25, -0.2) is 18.2 Å². The van der Waals surface area contributed by atoms with Crippen molar-refractivity contribution in [3.05, 3.63) is 51.8 Å². The second-order valence-electron chi connectivity index (χ2n) is 8.77. The first-order valence-electron chi connectivity index (χ1n) is 10.7. The van der Waals surface area contributed by atoms with Crippen LogP contribution in [0.1, 0.15) is 41.6 Å². The van der Waals surface area contributed by atoms with Crippen molar-refractivity contribution in [3.8, 4) is 0 Å². The summed E-state index contributed by atoms with van der Waals surface area (Å²) < 4.78 is 72.1. The Morgan fingerprint density at radius 3 is 2.46 bits per heavy atom. The monoisotopic (exact) mass is 573 g/mol. The number of benzene rings is 2. The number of esters is 1. The van der Waals surface area contributed by atoms with Crippen molar-refractivity contribution in [1.82, 2.24) is 9.55 Å². The van der Waals surface area contributed by atoms with Gasteiger partial charge in [0.25, 0.3) is 0 Å². The van der Waals surface area contributed by atoms with Crippen LogP contribution in [-0.2, 0) is 27.3 Å². The quantitative estimate of drug-likeness (QED) is 0.398. The molecule has 0 saturated carbocycles. The van der Waals surface area contributed by atoms with Crippen molar-refractivity contribution in [2.75, 3.05) is 24.8 Å². The number of methoxy groups -OCH3 is 1. The van der Waals surface area contributed by atoms with E-state index < -0.39 is 27.5 Å². The Kier molecular flexibility index (Phi) is 6.41. The normalized spacial score (nSPS) is 16.6. The van der Waals surface area contributed by atoms with Crippen molar-refractivity contribution in [2.45, 2.75) is 37.5 Å². The molecule has 0 saturated heterocycles. The van der Waals surface area contributed by atoms with Gasteiger partial charge in [0.1, 0.15) is 5.82 Å². The minimum Gasteiger partial charge on any atom is -0.465 e. The van der Waals surface area contributed by atoms with E-state index in [0.29, 0.717) is 35.6 Å². The molecule has 7 nitrogen and oxygen atoms in total. The predicted octanol–water partition coefficient (Wildman–Crippen LogP) is 5.23. The molecule has 0 bridgehead atoms. The Morgan fingerprint density at radius 2 is 1.89 bits per heavy atom. The van der Waals surface area contributed by atoms with Gasteiger partial charge in [0.15, 0.2) is 9.84 Å². The second kappa shape index (κ2) is 8.81. The molecule has 4 rings (SSSR count). The molecule has 1 aliphatic rings. The van der Waals surface area contributed by atoms with Gasteiger partial charge in [0.05, 0.1) is 40.2 Å². The summed E-state index contributed by atoms with van der Waals surface area (Å²) in [7, 11) is -2.59. The Morgan fingerprint density at radius 1 is 1.20 bits per heavy atom. The number of nitrogens with zero attached hydrogens (tertiary/aromatic N) is 3. The van der Waals surface area contributed by atoms with Gasteiger partial charge in [-0.15, -0.1) is 0 Å². The molecule has 0 spiro atoms. The number of aromatic nitrogens is 2. The van der Waals surface area contributed by atoms with Gasteiger partial charge in [0, 0.05) is 29.5 Å². The second-order valence-corrected chi connectivity index (χ2v) is 11.6. The van der Waals surface area contributed by atoms with Crippen molar-refractivity contribution in [2.24, 2.45) is 5.92 Å². The lowest BCUT2D eigenvalue weighted by molar-refractivity contribution is -0.138. The molecular formula is C23H23BrF3N3O4S. The smallest absolute Gasteiger partial charge is 0.417 e. The largest absolute Gasteiger partial charge is 0.465 e. The summed E-state index contributed by atoms with van der Waals surface area (Å²) in [5.41, 5.74) is 0.470. The average Bonchev–Trinajstić information content (AvgIpc) is 3.13. The van der Waals surface area contributed by atoms with Crippen LogP contribution < -0.4 is 4.90 Å². The number of carbonyl (C=O) groups excluding carboxylic acids is 1. The van der Waals surface area contributed by atoms with E-state index in [1.54, 1.807) is 6.07 Å². The van der Waals surface area contributed by atoms with E-state index in [0.717, 1.165) is 19.4 Å². The molecule has 1 unspecified atom stereocenters. The molecule has 2 heterocycles. The van der Waals surface area contributed by atoms with E-state index in [9.17, 15) is 26.4 Å². The molecule has 0 aliphatic carbocycles. The summed E-state index contributed by atoms with van der Waals surface area (Å²) in [6, 6.07) is 6.56. The maximum absolute atomic E-state index is 13.5. The van der Waals surface area contributed by atoms with Crippen molar-refractivity contribution < 1.29 is 31.1 Å². The van der Waals surface area contributed by atoms with E-state index in [-0.39, 0.29) is 26.9 Å². The number of imidazole rings is 1. The molecule has 12 heteroatoms. The Labute approximate surface area is 208 Å². The summed E-state index contributed by atoms with van der Waals surface area (Å²) in [4.78, 5) is 18.7. The molecule has 188 valence electrons. The van der Waals surface area contributed by atoms with Crippen LogP contribution in [0.5, 0.6) is 0 Å². The first-order valence-corrected chi connectivity index (χ1v) is 13.4. The Bertz CT molecular complexity index is 1430. The van der Waals surface area contributed by atoms with Crippen LogP contribution in [0, 0.1) is 5.92 Å². The van der Waals surface area contributed by atoms with Gasteiger partial charge in [-0.05, 0) is 36.2 Å². The number of hydrogen-bond acceptors (Lipinski definition) is 6. The molecule has 3 aromatic rings. The van der Waals surface area contributed by atoms with Crippen LogP contribution >= 0.6 is 15.9 Å². The minimum atomic E-state index is -4.52. The number of ether oxygens (including phenoxy) is 1. The number of alkyl halides is 3. The van der Waals surface area contributed by atoms with Gasteiger partial charge in [-0.3, -0.25) is 0 Å². The number of fused-ring (bicyclic) bond motifs is 3. The molecule has 1 aromatic heterocycles. The SMILES string of the molecule is COC(=O)c1cc2nc3n(c2cc1S(C)(=O)=O)CCN(c1ccc(Br)c(C(F)(F)F)c1)C3C(C)C. The summed E-state index contributed by atoms with van der Waals surface area (Å²) in [5, 5.41) is 0. The average molecular weight is 574 g/mol. The Hall–Kier alpha value is -2.60. The molecule has 1 aliphatic heterocycles. The Balaban J connectivity index is 1.90. The molecule has 0 amide bonds. The van der Waals surface area contributed by atoms with Crippen molar-refractivity contribution in [1.29, 1.82) is 0 Å². The van der Waals surface area contributed by atoms with Crippen LogP contribution in [0.3, 0.4) is 0 Å². The fraction of sp³-hybridized carbons (Fsp3) is 0.391. The molecule has 0 fully saturated rings. The third-order valence-corrected chi connectivity index (χ3v) is 7.90. The lowest BCUT2D eigenvalue weighted by Crippen LogP contribution is -2.41. The molecule has 35 heavy (non-hydrogen) atoms. The highest BCUT2D eigenvalue weighted by atomic mass is 79.9. The third kappa shape index (κ3) is 4.53. The summed E-state index contributed by atoms with van der Waals surface area (Å²) >= 11 is 2.99. The number of anilines is 1. The maximum atomic E-state index is 13.5. The van der Waals surface area contributed by atoms with Gasteiger partial charge < -0.3 is 14.2 Å². The zero-order valence-electron chi connectivity index (χ0n) is 19.4. The van der Waals surface area contributed by atoms with E-state index in [1.807, 2.05) is 23.3 Å². The third-order valence-electron chi connectivity index (χ3n) is 6.07. The summed E-state index contributed by atoms with van der Waals surface area (Å²) in [5.74, 6) is -0.257. The molecule has 0 N–H and O–H groups in total. The van der Waals surface area contributed by atoms with E-state index in [4.69, 9.17) is 9.72 Å². The fourth-order valence-electron chi connectivity index (χ4n) is 4.55. The van der Waals surface area contributed by atoms with Crippen LogP contribution in [0.25, 0.3) is 11.0 Å². The summed E-state index contributed by atoms with van der Waals surface area (Å²) in [6.07, 6.45) is -3.50. The van der Waals surface area contributed by atoms with Crippen LogP contribution in [0.4, 0.5) is 18.9 Å². The highest BCUT2D eigenvalue weighted by molar-refractivity contribution is 9.10. The molecule has 0 radical (unpaired) electrons. The summed E-state index contributed by atoms with van der Waals surface area (Å²) in [6.45, 7) is 4.64. The predicted molar refractivity (Wildman–Crippen MR) is 128 cm³/mol.